The highest BCUT2D eigenvalue weighted by Crippen LogP contribution is 2.34. The molecule has 0 aromatic rings. The van der Waals surface area contributed by atoms with Crippen LogP contribution in [0.2, 0.25) is 0 Å². The zero-order valence-electron chi connectivity index (χ0n) is 29.2. The fourth-order valence-electron chi connectivity index (χ4n) is 6.81. The second-order valence-electron chi connectivity index (χ2n) is 14.0. The molecule has 0 aliphatic carbocycles. The van der Waals surface area contributed by atoms with Gasteiger partial charge in [0.15, 0.2) is 31.5 Å². The molecule has 5 aliphatic rings. The fourth-order valence-corrected chi connectivity index (χ4v) is 6.81. The van der Waals surface area contributed by atoms with Crippen molar-refractivity contribution in [3.63, 3.8) is 0 Å². The van der Waals surface area contributed by atoms with Crippen molar-refractivity contribution in [3.8, 4) is 0 Å². The third-order valence-corrected chi connectivity index (χ3v) is 10.3. The van der Waals surface area contributed by atoms with E-state index >= 15 is 0 Å². The molecule has 5 heterocycles. The van der Waals surface area contributed by atoms with Crippen LogP contribution in [-0.2, 0) is 42.6 Å². The third kappa shape index (κ3) is 9.46. The number of aliphatic hydroxyl groups excluding tert-OH is 17. The lowest BCUT2D eigenvalue weighted by molar-refractivity contribution is -0.385. The van der Waals surface area contributed by atoms with Crippen molar-refractivity contribution in [2.24, 2.45) is 0 Å². The highest BCUT2D eigenvalue weighted by Gasteiger charge is 2.55. The van der Waals surface area contributed by atoms with E-state index in [0.717, 1.165) is 0 Å². The largest absolute Gasteiger partial charge is 0.394 e. The Morgan fingerprint density at radius 1 is 0.304 bits per heavy atom. The van der Waals surface area contributed by atoms with Gasteiger partial charge in [0.2, 0.25) is 0 Å². The van der Waals surface area contributed by atoms with E-state index in [1.54, 1.807) is 0 Å². The maximum Gasteiger partial charge on any atom is 0.187 e. The minimum Gasteiger partial charge on any atom is -0.394 e. The van der Waals surface area contributed by atoms with Crippen LogP contribution in [0.25, 0.3) is 0 Å². The monoisotopic (exact) mass is 828 g/mol. The average molecular weight is 829 g/mol. The fraction of sp³-hybridized carbons (Fsp3) is 1.00. The van der Waals surface area contributed by atoms with Crippen LogP contribution in [0.1, 0.15) is 0 Å². The molecule has 25 atom stereocenters. The maximum absolute atomic E-state index is 11.4. The Hall–Kier alpha value is -1.04. The number of ether oxygens (including phenoxy) is 9. The Morgan fingerprint density at radius 3 is 1.04 bits per heavy atom. The minimum absolute atomic E-state index is 0.765. The zero-order chi connectivity index (χ0) is 41.3. The molecule has 0 spiro atoms. The van der Waals surface area contributed by atoms with Crippen LogP contribution in [0.15, 0.2) is 0 Å². The summed E-state index contributed by atoms with van der Waals surface area (Å²) in [6.45, 7) is -4.09. The van der Waals surface area contributed by atoms with Gasteiger partial charge in [-0.2, -0.15) is 0 Å². The van der Waals surface area contributed by atoms with Gasteiger partial charge in [0, 0.05) is 0 Å². The molecule has 328 valence electrons. The molecule has 26 heteroatoms. The smallest absolute Gasteiger partial charge is 0.187 e. The molecule has 0 saturated carbocycles. The lowest BCUT2D eigenvalue weighted by Crippen LogP contribution is -2.67. The Kier molecular flexibility index (Phi) is 16.1. The van der Waals surface area contributed by atoms with Crippen LogP contribution in [-0.4, -0.2) is 273 Å². The van der Waals surface area contributed by atoms with Crippen molar-refractivity contribution in [1.29, 1.82) is 0 Å². The van der Waals surface area contributed by atoms with Gasteiger partial charge < -0.3 is 129 Å². The molecular weight excluding hydrogens is 776 g/mol. The molecular formula is C30H52O26. The SMILES string of the molecule is OC[C@H]1O[C@H](OC[C@H]2O[C@H](O[C@H]3[C@H](O)[C@@H](CO[C@H]4O[C@H](CO)[C@@H](O)[C@H](O)[C@@H]4O)OC(O)[C@H]3O)[C@@H](O)[C@@H](O[C@H]3O[C@H](CO)[C@@H](O)[C@H](O)[C@@H]3O)[C@@H]2O)[C@@H](O)[C@@H](O)[C@@H]1O. The van der Waals surface area contributed by atoms with Crippen molar-refractivity contribution >= 4 is 0 Å². The molecule has 0 amide bonds. The maximum atomic E-state index is 11.4. The summed E-state index contributed by atoms with van der Waals surface area (Å²) in [6.07, 6.45) is -46.3. The van der Waals surface area contributed by atoms with Crippen LogP contribution in [0, 0.1) is 0 Å². The first kappa shape index (κ1) is 46.0. The third-order valence-electron chi connectivity index (χ3n) is 10.3. The summed E-state index contributed by atoms with van der Waals surface area (Å²) in [5, 5.41) is 176. The first-order valence-electron chi connectivity index (χ1n) is 17.6. The van der Waals surface area contributed by atoms with E-state index in [1.165, 1.54) is 0 Å². The van der Waals surface area contributed by atoms with E-state index < -0.39 is 187 Å². The lowest BCUT2D eigenvalue weighted by atomic mass is 9.95. The normalized spacial score (nSPS) is 53.2. The Morgan fingerprint density at radius 2 is 0.625 bits per heavy atom. The summed E-state index contributed by atoms with van der Waals surface area (Å²) < 4.78 is 49.0. The molecule has 0 bridgehead atoms. The number of hydrogen-bond acceptors (Lipinski definition) is 26. The van der Waals surface area contributed by atoms with E-state index in [1.807, 2.05) is 0 Å². The van der Waals surface area contributed by atoms with Gasteiger partial charge in [-0.15, -0.1) is 0 Å². The molecule has 0 aromatic carbocycles. The molecule has 0 aromatic heterocycles. The van der Waals surface area contributed by atoms with E-state index in [9.17, 15) is 86.8 Å². The van der Waals surface area contributed by atoms with Crippen LogP contribution in [0.3, 0.4) is 0 Å². The van der Waals surface area contributed by atoms with Crippen molar-refractivity contribution in [2.75, 3.05) is 33.0 Å². The van der Waals surface area contributed by atoms with Gasteiger partial charge in [0.05, 0.1) is 33.0 Å². The Bertz CT molecular complexity index is 1200. The van der Waals surface area contributed by atoms with E-state index in [4.69, 9.17) is 42.6 Å². The molecule has 26 nitrogen and oxygen atoms in total. The molecule has 56 heavy (non-hydrogen) atoms. The van der Waals surface area contributed by atoms with Gasteiger partial charge in [0.1, 0.15) is 122 Å². The Balaban J connectivity index is 1.34. The van der Waals surface area contributed by atoms with Gasteiger partial charge in [-0.1, -0.05) is 0 Å². The predicted octanol–water partition coefficient (Wildman–Crippen LogP) is -11.9. The van der Waals surface area contributed by atoms with Gasteiger partial charge in [-0.3, -0.25) is 0 Å². The molecule has 17 N–H and O–H groups in total. The van der Waals surface area contributed by atoms with Crippen LogP contribution < -0.4 is 0 Å². The zero-order valence-corrected chi connectivity index (χ0v) is 29.2. The summed E-state index contributed by atoms with van der Waals surface area (Å²) in [7, 11) is 0. The van der Waals surface area contributed by atoms with Gasteiger partial charge in [-0.25, -0.2) is 0 Å². The second-order valence-corrected chi connectivity index (χ2v) is 14.0. The number of aliphatic hydroxyl groups is 17. The second kappa shape index (κ2) is 19.6. The first-order valence-corrected chi connectivity index (χ1v) is 17.6. The predicted molar refractivity (Wildman–Crippen MR) is 167 cm³/mol. The molecule has 5 saturated heterocycles. The van der Waals surface area contributed by atoms with Crippen molar-refractivity contribution < 1.29 is 129 Å². The summed E-state index contributed by atoms with van der Waals surface area (Å²) in [6, 6.07) is 0. The van der Waals surface area contributed by atoms with E-state index in [0.29, 0.717) is 0 Å². The van der Waals surface area contributed by atoms with E-state index in [2.05, 4.69) is 0 Å². The van der Waals surface area contributed by atoms with Gasteiger partial charge in [-0.05, 0) is 0 Å². The molecule has 0 radical (unpaired) electrons. The Labute approximate surface area is 316 Å². The average Bonchev–Trinajstić information content (AvgIpc) is 3.18. The molecule has 1 unspecified atom stereocenters. The number of rotatable bonds is 13. The number of hydrogen-bond donors (Lipinski definition) is 17. The molecule has 5 fully saturated rings. The van der Waals surface area contributed by atoms with Crippen LogP contribution >= 0.6 is 0 Å². The standard InChI is InChI=1S/C30H52O26/c31-1-6-11(34)16(39)19(42)27(51-6)48-4-9-14(37)24(22(45)26(47)50-9)55-30-23(46)25(56-29-21(44)18(41)13(36)8(3-33)53-29)15(38)10(54-30)5-49-28-20(43)17(40)12(35)7(2-32)52-28/h6-47H,1-5H2/t6-,7-,8-,9-,10-,11-,12-,13-,14-,15-,16+,17+,18+,19+,20+,21+,22+,23+,24+,25+,26?,27+,28+,29-,30-/m1/s1. The summed E-state index contributed by atoms with van der Waals surface area (Å²) in [5.74, 6) is 0. The van der Waals surface area contributed by atoms with Gasteiger partial charge in [0.25, 0.3) is 0 Å². The van der Waals surface area contributed by atoms with Crippen molar-refractivity contribution in [3.05, 3.63) is 0 Å². The van der Waals surface area contributed by atoms with Crippen LogP contribution in [0.5, 0.6) is 0 Å². The minimum atomic E-state index is -2.18. The molecule has 5 aliphatic heterocycles. The quantitative estimate of drug-likeness (QED) is 0.0819. The van der Waals surface area contributed by atoms with Crippen LogP contribution in [0.4, 0.5) is 0 Å². The van der Waals surface area contributed by atoms with Crippen molar-refractivity contribution in [2.45, 2.75) is 154 Å². The molecule has 5 rings (SSSR count). The lowest BCUT2D eigenvalue weighted by Gasteiger charge is -2.48. The highest BCUT2D eigenvalue weighted by molar-refractivity contribution is 4.97. The highest BCUT2D eigenvalue weighted by atomic mass is 16.8. The van der Waals surface area contributed by atoms with Gasteiger partial charge >= 0.3 is 0 Å². The summed E-state index contributed by atoms with van der Waals surface area (Å²) in [4.78, 5) is 0. The van der Waals surface area contributed by atoms with Crippen molar-refractivity contribution in [1.82, 2.24) is 0 Å². The first-order chi connectivity index (χ1) is 26.4. The summed E-state index contributed by atoms with van der Waals surface area (Å²) in [5.41, 5.74) is 0. The summed E-state index contributed by atoms with van der Waals surface area (Å²) >= 11 is 0. The topological polar surface area (TPSA) is 427 Å². The van der Waals surface area contributed by atoms with E-state index in [-0.39, 0.29) is 0 Å².